The average Bonchev–Trinajstić information content (AvgIpc) is 3.08. The molecule has 2 fully saturated rings. The van der Waals surface area contributed by atoms with E-state index in [1.165, 1.54) is 11.1 Å². The van der Waals surface area contributed by atoms with Crippen molar-refractivity contribution in [2.45, 2.75) is 117 Å². The van der Waals surface area contributed by atoms with Crippen molar-refractivity contribution in [1.82, 2.24) is 0 Å². The summed E-state index contributed by atoms with van der Waals surface area (Å²) >= 11 is 0. The molecule has 3 N–H and O–H groups in total. The minimum Gasteiger partial charge on any atom is -0.481 e. The van der Waals surface area contributed by atoms with Crippen molar-refractivity contribution < 1.29 is 24.9 Å². The maximum Gasteiger partial charge on any atom is 0.314 e. The van der Waals surface area contributed by atoms with Crippen LogP contribution in [0.4, 0.5) is 0 Å². The number of aliphatic carboxylic acids is 1. The van der Waals surface area contributed by atoms with Gasteiger partial charge in [-0.1, -0.05) is 38.8 Å². The van der Waals surface area contributed by atoms with Gasteiger partial charge in [0.05, 0.1) is 17.1 Å². The molecule has 0 bridgehead atoms. The Morgan fingerprint density at radius 2 is 1.74 bits per heavy atom. The lowest BCUT2D eigenvalue weighted by Crippen LogP contribution is -2.54. The molecule has 0 aromatic rings. The Hall–Kier alpha value is -1.20. The highest BCUT2D eigenvalue weighted by Crippen LogP contribution is 2.71. The first kappa shape index (κ1) is 25.9. The fourth-order valence-corrected chi connectivity index (χ4v) is 9.16. The largest absolute Gasteiger partial charge is 0.481 e. The molecule has 0 saturated heterocycles. The number of aliphatic hydroxyl groups excluding tert-OH is 1. The van der Waals surface area contributed by atoms with Crippen LogP contribution < -0.4 is 0 Å². The van der Waals surface area contributed by atoms with Crippen LogP contribution in [0.1, 0.15) is 106 Å². The van der Waals surface area contributed by atoms with Gasteiger partial charge >= 0.3 is 5.97 Å². The first-order valence-corrected chi connectivity index (χ1v) is 13.6. The third-order valence-electron chi connectivity index (χ3n) is 11.4. The zero-order valence-corrected chi connectivity index (χ0v) is 22.1. The number of allylic oxidation sites excluding steroid dienone is 1. The Balaban J connectivity index is 1.68. The summed E-state index contributed by atoms with van der Waals surface area (Å²) in [6, 6.07) is 0. The fourth-order valence-electron chi connectivity index (χ4n) is 9.16. The summed E-state index contributed by atoms with van der Waals surface area (Å²) in [6.07, 6.45) is 7.16. The van der Waals surface area contributed by atoms with Crippen LogP contribution in [0.25, 0.3) is 0 Å². The lowest BCUT2D eigenvalue weighted by Gasteiger charge is -2.58. The first-order valence-electron chi connectivity index (χ1n) is 13.6. The summed E-state index contributed by atoms with van der Waals surface area (Å²) in [7, 11) is 0. The topological polar surface area (TPSA) is 94.8 Å². The predicted octanol–water partition coefficient (Wildman–Crippen LogP) is 5.53. The smallest absolute Gasteiger partial charge is 0.314 e. The van der Waals surface area contributed by atoms with Gasteiger partial charge in [0, 0.05) is 12.3 Å². The van der Waals surface area contributed by atoms with Crippen LogP contribution in [0, 0.1) is 39.9 Å². The number of carboxylic acids is 1. The number of Topliss-reactive ketones (excluding diaryl/α,β-unsaturated/α-hetero) is 1. The van der Waals surface area contributed by atoms with Crippen molar-refractivity contribution in [3.8, 4) is 0 Å². The first-order chi connectivity index (χ1) is 15.7. The van der Waals surface area contributed by atoms with Crippen molar-refractivity contribution in [2.75, 3.05) is 0 Å². The SMILES string of the molecule is C[C@H](CC[C@@H](O)C(C)(C)O)[C@H]1CC[C@@]2(C(=O)O)C3=C(CC[C@]12C)[C@@]1(C)CCC(=O)[C@@H](C)[C@@H]1CC3. The Kier molecular flexibility index (Phi) is 6.42. The van der Waals surface area contributed by atoms with Gasteiger partial charge < -0.3 is 15.3 Å². The fraction of sp³-hybridized carbons (Fsp3) is 0.862. The molecule has 0 aromatic carbocycles. The van der Waals surface area contributed by atoms with Gasteiger partial charge in [0.25, 0.3) is 0 Å². The van der Waals surface area contributed by atoms with Gasteiger partial charge in [-0.05, 0) is 100 Å². The molecule has 8 atom stereocenters. The van der Waals surface area contributed by atoms with E-state index < -0.39 is 23.1 Å². The minimum atomic E-state index is -1.12. The molecule has 0 spiro atoms. The number of hydrogen-bond acceptors (Lipinski definition) is 4. The predicted molar refractivity (Wildman–Crippen MR) is 132 cm³/mol. The van der Waals surface area contributed by atoms with Crippen molar-refractivity contribution in [3.63, 3.8) is 0 Å². The number of ketones is 1. The van der Waals surface area contributed by atoms with E-state index in [1.54, 1.807) is 13.8 Å². The third kappa shape index (κ3) is 3.55. The van der Waals surface area contributed by atoms with Crippen LogP contribution in [-0.2, 0) is 9.59 Å². The monoisotopic (exact) mass is 474 g/mol. The van der Waals surface area contributed by atoms with E-state index >= 15 is 0 Å². The molecule has 5 nitrogen and oxygen atoms in total. The molecule has 34 heavy (non-hydrogen) atoms. The van der Waals surface area contributed by atoms with Crippen LogP contribution in [0.3, 0.4) is 0 Å². The van der Waals surface area contributed by atoms with Gasteiger partial charge in [-0.2, -0.15) is 0 Å². The van der Waals surface area contributed by atoms with Crippen LogP contribution in [0.15, 0.2) is 11.1 Å². The molecule has 0 heterocycles. The molecular formula is C29H46O5. The molecule has 0 unspecified atom stereocenters. The van der Waals surface area contributed by atoms with Crippen LogP contribution in [0.2, 0.25) is 0 Å². The Bertz CT molecular complexity index is 883. The molecule has 4 aliphatic rings. The Morgan fingerprint density at radius 3 is 2.35 bits per heavy atom. The summed E-state index contributed by atoms with van der Waals surface area (Å²) in [5, 5.41) is 31.4. The molecular weight excluding hydrogens is 428 g/mol. The summed E-state index contributed by atoms with van der Waals surface area (Å²) in [5.74, 6) is 0.690. The summed E-state index contributed by atoms with van der Waals surface area (Å²) in [4.78, 5) is 25.7. The number of hydrogen-bond donors (Lipinski definition) is 3. The number of rotatable bonds is 6. The molecule has 192 valence electrons. The second kappa shape index (κ2) is 8.44. The Labute approximate surface area is 205 Å². The number of carbonyl (C=O) groups is 2. The van der Waals surface area contributed by atoms with Gasteiger partial charge in [-0.3, -0.25) is 9.59 Å². The number of carboxylic acid groups (broad SMARTS) is 1. The zero-order valence-electron chi connectivity index (χ0n) is 22.1. The number of fused-ring (bicyclic) bond motifs is 4. The average molecular weight is 475 g/mol. The second-order valence-electron chi connectivity index (χ2n) is 13.3. The molecule has 2 saturated carbocycles. The molecule has 5 heteroatoms. The molecule has 0 radical (unpaired) electrons. The normalized spacial score (nSPS) is 42.0. The van der Waals surface area contributed by atoms with Gasteiger partial charge in [-0.25, -0.2) is 0 Å². The standard InChI is InChI=1S/C29H46O5/c1-17(7-10-24(31)26(3,4)34)19-12-16-29(25(32)33)22-9-8-20-18(2)23(30)13-14-27(20,5)21(22)11-15-28(19,29)6/h17-20,24,31,34H,7-16H2,1-6H3,(H,32,33)/t17-,18+,19-,20+,24-,27+,28-,29+/m1/s1. The molecule has 4 aliphatic carbocycles. The van der Waals surface area contributed by atoms with E-state index in [9.17, 15) is 24.9 Å². The van der Waals surface area contributed by atoms with Crippen molar-refractivity contribution in [2.24, 2.45) is 39.9 Å². The van der Waals surface area contributed by atoms with E-state index in [-0.39, 0.29) is 28.6 Å². The van der Waals surface area contributed by atoms with Gasteiger partial charge in [-0.15, -0.1) is 0 Å². The molecule has 0 aromatic heterocycles. The van der Waals surface area contributed by atoms with E-state index in [1.807, 2.05) is 0 Å². The van der Waals surface area contributed by atoms with Crippen LogP contribution in [-0.4, -0.2) is 38.8 Å². The lowest BCUT2D eigenvalue weighted by molar-refractivity contribution is -0.156. The van der Waals surface area contributed by atoms with Crippen molar-refractivity contribution in [3.05, 3.63) is 11.1 Å². The minimum absolute atomic E-state index is 0.0504. The van der Waals surface area contributed by atoms with Gasteiger partial charge in [0.1, 0.15) is 5.78 Å². The number of carbonyl (C=O) groups excluding carboxylic acids is 1. The van der Waals surface area contributed by atoms with E-state index in [2.05, 4.69) is 27.7 Å². The van der Waals surface area contributed by atoms with Gasteiger partial charge in [0.15, 0.2) is 0 Å². The zero-order chi connectivity index (χ0) is 25.3. The molecule has 0 amide bonds. The quantitative estimate of drug-likeness (QED) is 0.440. The van der Waals surface area contributed by atoms with Gasteiger partial charge in [0.2, 0.25) is 0 Å². The summed E-state index contributed by atoms with van der Waals surface area (Å²) in [6.45, 7) is 12.1. The Morgan fingerprint density at radius 1 is 1.06 bits per heavy atom. The van der Waals surface area contributed by atoms with Crippen LogP contribution >= 0.6 is 0 Å². The highest BCUT2D eigenvalue weighted by Gasteiger charge is 2.67. The van der Waals surface area contributed by atoms with E-state index in [0.29, 0.717) is 31.0 Å². The molecule has 0 aliphatic heterocycles. The van der Waals surface area contributed by atoms with Crippen molar-refractivity contribution in [1.29, 1.82) is 0 Å². The summed E-state index contributed by atoms with van der Waals surface area (Å²) in [5.41, 5.74) is 0.296. The van der Waals surface area contributed by atoms with E-state index in [0.717, 1.165) is 44.9 Å². The van der Waals surface area contributed by atoms with Crippen LogP contribution in [0.5, 0.6) is 0 Å². The van der Waals surface area contributed by atoms with Crippen molar-refractivity contribution >= 4 is 11.8 Å². The third-order valence-corrected chi connectivity index (χ3v) is 11.4. The summed E-state index contributed by atoms with van der Waals surface area (Å²) < 4.78 is 0. The maximum atomic E-state index is 13.2. The molecule has 4 rings (SSSR count). The highest BCUT2D eigenvalue weighted by molar-refractivity contribution is 5.84. The second-order valence-corrected chi connectivity index (χ2v) is 13.3. The number of aliphatic hydroxyl groups is 2. The van der Waals surface area contributed by atoms with E-state index in [4.69, 9.17) is 0 Å². The maximum absolute atomic E-state index is 13.2. The lowest BCUT2D eigenvalue weighted by atomic mass is 9.45. The highest BCUT2D eigenvalue weighted by atomic mass is 16.4.